The monoisotopic (exact) mass is 203 g/mol. The Hall–Kier alpha value is -1.68. The molecule has 0 aliphatic carbocycles. The third-order valence-corrected chi connectivity index (χ3v) is 2.12. The maximum Gasteiger partial charge on any atom is 0.0856 e. The number of nitrogens with zero attached hydrogens (tertiary/aromatic N) is 3. The van der Waals surface area contributed by atoms with Crippen LogP contribution in [0.3, 0.4) is 0 Å². The van der Waals surface area contributed by atoms with Gasteiger partial charge in [-0.15, -0.1) is 0 Å². The number of hydrogen-bond acceptors (Lipinski definition) is 3. The zero-order valence-electron chi connectivity index (χ0n) is 8.37. The molecule has 0 atom stereocenters. The van der Waals surface area contributed by atoms with Crippen molar-refractivity contribution in [2.75, 3.05) is 6.61 Å². The number of aromatic nitrogens is 3. The van der Waals surface area contributed by atoms with Crippen LogP contribution in [0, 0.1) is 0 Å². The Bertz CT molecular complexity index is 411. The lowest BCUT2D eigenvalue weighted by Crippen LogP contribution is -1.99. The van der Waals surface area contributed by atoms with Crippen molar-refractivity contribution in [1.82, 2.24) is 15.0 Å². The number of hydrogen-bond donors (Lipinski definition) is 1. The molecule has 0 fully saturated rings. The fourth-order valence-electron chi connectivity index (χ4n) is 1.36. The summed E-state index contributed by atoms with van der Waals surface area (Å²) in [5.74, 6) is 0. The molecule has 0 radical (unpaired) electrons. The minimum Gasteiger partial charge on any atom is -0.396 e. The Morgan fingerprint density at radius 2 is 2.00 bits per heavy atom. The number of aliphatic hydroxyl groups is 1. The second-order valence-corrected chi connectivity index (χ2v) is 3.29. The highest BCUT2D eigenvalue weighted by Crippen LogP contribution is 2.05. The van der Waals surface area contributed by atoms with Gasteiger partial charge in [0.2, 0.25) is 0 Å². The van der Waals surface area contributed by atoms with Gasteiger partial charge >= 0.3 is 0 Å². The van der Waals surface area contributed by atoms with Crippen LogP contribution in [-0.2, 0) is 6.42 Å². The summed E-state index contributed by atoms with van der Waals surface area (Å²) < 4.78 is 0. The van der Waals surface area contributed by atoms with Gasteiger partial charge in [0.25, 0.3) is 0 Å². The summed E-state index contributed by atoms with van der Waals surface area (Å²) in [7, 11) is 0. The molecule has 4 heteroatoms. The summed E-state index contributed by atoms with van der Waals surface area (Å²) in [6.07, 6.45) is 3.24. The second-order valence-electron chi connectivity index (χ2n) is 3.29. The van der Waals surface area contributed by atoms with Gasteiger partial charge in [-0.25, -0.2) is 0 Å². The highest BCUT2D eigenvalue weighted by atomic mass is 16.2. The number of benzene rings is 1. The maximum absolute atomic E-state index is 8.70. The van der Waals surface area contributed by atoms with Crippen LogP contribution < -0.4 is 0 Å². The van der Waals surface area contributed by atoms with E-state index in [4.69, 9.17) is 5.11 Å². The van der Waals surface area contributed by atoms with Crippen LogP contribution in [0.2, 0.25) is 0 Å². The van der Waals surface area contributed by atoms with Crippen molar-refractivity contribution in [3.8, 4) is 5.69 Å². The Balaban J connectivity index is 2.14. The van der Waals surface area contributed by atoms with Crippen LogP contribution in [0.4, 0.5) is 0 Å². The molecule has 0 unspecified atom stereocenters. The Labute approximate surface area is 88.2 Å². The highest BCUT2D eigenvalue weighted by molar-refractivity contribution is 5.28. The van der Waals surface area contributed by atoms with Crippen LogP contribution in [0.15, 0.2) is 36.5 Å². The van der Waals surface area contributed by atoms with Gasteiger partial charge in [-0.1, -0.05) is 18.2 Å². The number of aryl methyl sites for hydroxylation is 1. The van der Waals surface area contributed by atoms with E-state index in [0.717, 1.165) is 24.2 Å². The lowest BCUT2D eigenvalue weighted by atomic mass is 10.3. The fraction of sp³-hybridized carbons (Fsp3) is 0.273. The fourth-order valence-corrected chi connectivity index (χ4v) is 1.36. The summed E-state index contributed by atoms with van der Waals surface area (Å²) in [6.45, 7) is 0.193. The Kier molecular flexibility index (Phi) is 3.09. The lowest BCUT2D eigenvalue weighted by Gasteiger charge is -1.97. The summed E-state index contributed by atoms with van der Waals surface area (Å²) in [5.41, 5.74) is 1.86. The van der Waals surface area contributed by atoms with Crippen molar-refractivity contribution in [3.05, 3.63) is 42.2 Å². The van der Waals surface area contributed by atoms with E-state index in [-0.39, 0.29) is 6.61 Å². The molecule has 2 rings (SSSR count). The molecule has 1 aromatic heterocycles. The molecule has 15 heavy (non-hydrogen) atoms. The largest absolute Gasteiger partial charge is 0.396 e. The minimum absolute atomic E-state index is 0.193. The van der Waals surface area contributed by atoms with Gasteiger partial charge in [0.05, 0.1) is 17.6 Å². The Morgan fingerprint density at radius 3 is 2.73 bits per heavy atom. The molecule has 0 saturated heterocycles. The zero-order valence-corrected chi connectivity index (χ0v) is 8.37. The van der Waals surface area contributed by atoms with E-state index >= 15 is 0 Å². The maximum atomic E-state index is 8.70. The normalized spacial score (nSPS) is 10.5. The van der Waals surface area contributed by atoms with Crippen molar-refractivity contribution in [3.63, 3.8) is 0 Å². The summed E-state index contributed by atoms with van der Waals surface area (Å²) in [4.78, 5) is 1.60. The third-order valence-electron chi connectivity index (χ3n) is 2.12. The molecule has 2 aromatic rings. The van der Waals surface area contributed by atoms with E-state index in [0.29, 0.717) is 0 Å². The van der Waals surface area contributed by atoms with Crippen LogP contribution in [0.5, 0.6) is 0 Å². The molecule has 1 N–H and O–H groups in total. The lowest BCUT2D eigenvalue weighted by molar-refractivity contribution is 0.288. The van der Waals surface area contributed by atoms with E-state index in [1.807, 2.05) is 30.3 Å². The predicted molar refractivity (Wildman–Crippen MR) is 56.8 cm³/mol. The van der Waals surface area contributed by atoms with E-state index in [1.54, 1.807) is 11.0 Å². The predicted octanol–water partition coefficient (Wildman–Crippen LogP) is 1.19. The standard InChI is InChI=1S/C11H13N3O/c15-8-4-5-10-9-12-14(13-10)11-6-2-1-3-7-11/h1-3,6-7,9,15H,4-5,8H2. The molecule has 0 aliphatic rings. The number of para-hydroxylation sites is 1. The zero-order chi connectivity index (χ0) is 10.5. The molecule has 4 nitrogen and oxygen atoms in total. The van der Waals surface area contributed by atoms with E-state index < -0.39 is 0 Å². The second kappa shape index (κ2) is 4.70. The molecular formula is C11H13N3O. The van der Waals surface area contributed by atoms with Crippen molar-refractivity contribution in [2.24, 2.45) is 0 Å². The van der Waals surface area contributed by atoms with Gasteiger partial charge in [-0.05, 0) is 25.0 Å². The van der Waals surface area contributed by atoms with Gasteiger partial charge in [0, 0.05) is 6.61 Å². The first-order chi connectivity index (χ1) is 7.40. The molecule has 0 amide bonds. The summed E-state index contributed by atoms with van der Waals surface area (Å²) in [5, 5.41) is 17.2. The molecule has 0 saturated carbocycles. The molecule has 1 heterocycles. The summed E-state index contributed by atoms with van der Waals surface area (Å²) >= 11 is 0. The van der Waals surface area contributed by atoms with Gasteiger partial charge in [-0.3, -0.25) is 0 Å². The molecule has 0 aliphatic heterocycles. The highest BCUT2D eigenvalue weighted by Gasteiger charge is 2.01. The van der Waals surface area contributed by atoms with Crippen molar-refractivity contribution in [1.29, 1.82) is 0 Å². The molecule has 0 spiro atoms. The van der Waals surface area contributed by atoms with Gasteiger partial charge < -0.3 is 5.11 Å². The van der Waals surface area contributed by atoms with Crippen molar-refractivity contribution < 1.29 is 5.11 Å². The minimum atomic E-state index is 0.193. The van der Waals surface area contributed by atoms with Crippen LogP contribution in [0.25, 0.3) is 5.69 Å². The smallest absolute Gasteiger partial charge is 0.0856 e. The van der Waals surface area contributed by atoms with Crippen LogP contribution >= 0.6 is 0 Å². The van der Waals surface area contributed by atoms with Gasteiger partial charge in [0.15, 0.2) is 0 Å². The first-order valence-corrected chi connectivity index (χ1v) is 4.97. The Morgan fingerprint density at radius 1 is 1.20 bits per heavy atom. The van der Waals surface area contributed by atoms with Crippen molar-refractivity contribution in [2.45, 2.75) is 12.8 Å². The van der Waals surface area contributed by atoms with Crippen LogP contribution in [0.1, 0.15) is 12.1 Å². The van der Waals surface area contributed by atoms with E-state index in [2.05, 4.69) is 10.2 Å². The molecule has 78 valence electrons. The molecular weight excluding hydrogens is 190 g/mol. The third kappa shape index (κ3) is 2.41. The SMILES string of the molecule is OCCCc1cnn(-c2ccccc2)n1. The molecule has 0 bridgehead atoms. The average Bonchev–Trinajstić information content (AvgIpc) is 2.76. The average molecular weight is 203 g/mol. The van der Waals surface area contributed by atoms with Gasteiger partial charge in [0.1, 0.15) is 0 Å². The topological polar surface area (TPSA) is 50.9 Å². The first kappa shape index (κ1) is 9.86. The van der Waals surface area contributed by atoms with Gasteiger partial charge in [-0.2, -0.15) is 15.0 Å². The van der Waals surface area contributed by atoms with E-state index in [1.165, 1.54) is 0 Å². The van der Waals surface area contributed by atoms with Crippen LogP contribution in [-0.4, -0.2) is 26.7 Å². The number of rotatable bonds is 4. The van der Waals surface area contributed by atoms with E-state index in [9.17, 15) is 0 Å². The molecule has 1 aromatic carbocycles. The number of aliphatic hydroxyl groups excluding tert-OH is 1. The quantitative estimate of drug-likeness (QED) is 0.812. The first-order valence-electron chi connectivity index (χ1n) is 4.97. The van der Waals surface area contributed by atoms with Crippen molar-refractivity contribution >= 4 is 0 Å². The summed E-state index contributed by atoms with van der Waals surface area (Å²) in [6, 6.07) is 9.77.